The number of aldehydes is 1. The van der Waals surface area contributed by atoms with Crippen LogP contribution in [0.4, 0.5) is 0 Å². The number of allylic oxidation sites excluding steroid dienone is 1. The first-order chi connectivity index (χ1) is 6.65. The Kier molecular flexibility index (Phi) is 3.63. The van der Waals surface area contributed by atoms with Crippen LogP contribution in [0.15, 0.2) is 29.8 Å². The van der Waals surface area contributed by atoms with Gasteiger partial charge in [-0.1, -0.05) is 38.1 Å². The van der Waals surface area contributed by atoms with Crippen molar-refractivity contribution in [2.75, 3.05) is 0 Å². The molecule has 1 rings (SSSR count). The minimum absolute atomic E-state index is 0.488. The predicted octanol–water partition coefficient (Wildman–Crippen LogP) is 3.41. The third kappa shape index (κ3) is 2.56. The van der Waals surface area contributed by atoms with Gasteiger partial charge in [-0.15, -0.1) is 0 Å². The largest absolute Gasteiger partial charge is 0.298 e. The monoisotopic (exact) mass is 188 g/mol. The molecule has 0 saturated carbocycles. The van der Waals surface area contributed by atoms with Crippen LogP contribution < -0.4 is 0 Å². The van der Waals surface area contributed by atoms with Gasteiger partial charge in [-0.3, -0.25) is 4.79 Å². The fraction of sp³-hybridized carbons (Fsp3) is 0.308. The smallest absolute Gasteiger partial charge is 0.145 e. The van der Waals surface area contributed by atoms with Gasteiger partial charge in [-0.25, -0.2) is 0 Å². The fourth-order valence-electron chi connectivity index (χ4n) is 1.45. The Balaban J connectivity index is 3.13. The summed E-state index contributed by atoms with van der Waals surface area (Å²) in [6, 6.07) is 8.18. The van der Waals surface area contributed by atoms with E-state index < -0.39 is 0 Å². The van der Waals surface area contributed by atoms with Crippen LogP contribution in [0.5, 0.6) is 0 Å². The van der Waals surface area contributed by atoms with E-state index in [1.807, 2.05) is 31.2 Å². The second-order valence-corrected chi connectivity index (χ2v) is 3.79. The zero-order valence-electron chi connectivity index (χ0n) is 8.95. The van der Waals surface area contributed by atoms with Gasteiger partial charge in [0.05, 0.1) is 0 Å². The lowest BCUT2D eigenvalue weighted by Gasteiger charge is -2.09. The van der Waals surface area contributed by atoms with Crippen LogP contribution in [0.1, 0.15) is 37.8 Å². The van der Waals surface area contributed by atoms with Gasteiger partial charge in [0.2, 0.25) is 0 Å². The minimum atomic E-state index is 0.488. The normalized spacial score (nSPS) is 11.9. The fourth-order valence-corrected chi connectivity index (χ4v) is 1.45. The molecule has 0 N–H and O–H groups in total. The van der Waals surface area contributed by atoms with E-state index in [2.05, 4.69) is 19.9 Å². The summed E-state index contributed by atoms with van der Waals surface area (Å²) in [6.45, 7) is 6.13. The molecule has 0 fully saturated rings. The molecule has 1 nitrogen and oxygen atoms in total. The molecular formula is C13H16O. The first-order valence-corrected chi connectivity index (χ1v) is 4.87. The van der Waals surface area contributed by atoms with Crippen LogP contribution in [-0.2, 0) is 4.79 Å². The molecule has 1 heteroatoms. The molecule has 0 aliphatic rings. The van der Waals surface area contributed by atoms with E-state index in [-0.39, 0.29) is 0 Å². The van der Waals surface area contributed by atoms with Crippen LogP contribution >= 0.6 is 0 Å². The van der Waals surface area contributed by atoms with Crippen LogP contribution in [-0.4, -0.2) is 6.29 Å². The molecular weight excluding hydrogens is 172 g/mol. The quantitative estimate of drug-likeness (QED) is 0.524. The van der Waals surface area contributed by atoms with E-state index in [4.69, 9.17) is 0 Å². The molecule has 74 valence electrons. The molecule has 0 aliphatic heterocycles. The predicted molar refractivity (Wildman–Crippen MR) is 60.2 cm³/mol. The molecule has 0 aliphatic carbocycles. The van der Waals surface area contributed by atoms with Crippen molar-refractivity contribution >= 4 is 12.4 Å². The third-order valence-corrected chi connectivity index (χ3v) is 2.19. The maximum absolute atomic E-state index is 10.5. The molecule has 0 amide bonds. The number of benzene rings is 1. The summed E-state index contributed by atoms with van der Waals surface area (Å²) in [4.78, 5) is 10.5. The van der Waals surface area contributed by atoms with Gasteiger partial charge in [0.25, 0.3) is 0 Å². The number of hydrogen-bond acceptors (Lipinski definition) is 1. The molecule has 0 radical (unpaired) electrons. The van der Waals surface area contributed by atoms with Gasteiger partial charge < -0.3 is 0 Å². The summed E-state index contributed by atoms with van der Waals surface area (Å²) in [5.74, 6) is 0.488. The van der Waals surface area contributed by atoms with Gasteiger partial charge in [0.15, 0.2) is 0 Å². The molecule has 0 atom stereocenters. The Morgan fingerprint density at radius 1 is 1.29 bits per heavy atom. The first-order valence-electron chi connectivity index (χ1n) is 4.87. The third-order valence-electron chi connectivity index (χ3n) is 2.19. The summed E-state index contributed by atoms with van der Waals surface area (Å²) < 4.78 is 0. The number of hydrogen-bond donors (Lipinski definition) is 0. The van der Waals surface area contributed by atoms with Crippen molar-refractivity contribution in [1.82, 2.24) is 0 Å². The molecule has 0 heterocycles. The summed E-state index contributed by atoms with van der Waals surface area (Å²) in [5.41, 5.74) is 3.19. The molecule has 0 unspecified atom stereocenters. The lowest BCUT2D eigenvalue weighted by atomic mass is 9.96. The summed E-state index contributed by atoms with van der Waals surface area (Å²) in [6.07, 6.45) is 2.82. The second-order valence-electron chi connectivity index (χ2n) is 3.79. The molecule has 0 bridgehead atoms. The van der Waals surface area contributed by atoms with Crippen molar-refractivity contribution in [1.29, 1.82) is 0 Å². The summed E-state index contributed by atoms with van der Waals surface area (Å²) in [5, 5.41) is 0. The molecule has 14 heavy (non-hydrogen) atoms. The average molecular weight is 188 g/mol. The Morgan fingerprint density at radius 2 is 1.93 bits per heavy atom. The van der Waals surface area contributed by atoms with Crippen LogP contribution in [0.3, 0.4) is 0 Å². The molecule has 1 aromatic carbocycles. The topological polar surface area (TPSA) is 17.1 Å². The van der Waals surface area contributed by atoms with Crippen molar-refractivity contribution in [2.24, 2.45) is 0 Å². The molecule has 0 spiro atoms. The molecule has 0 aromatic heterocycles. The van der Waals surface area contributed by atoms with E-state index in [1.54, 1.807) is 0 Å². The van der Waals surface area contributed by atoms with Crippen molar-refractivity contribution in [2.45, 2.75) is 26.7 Å². The first kappa shape index (κ1) is 10.7. The minimum Gasteiger partial charge on any atom is -0.298 e. The Labute approximate surface area is 85.5 Å². The van der Waals surface area contributed by atoms with Gasteiger partial charge in [0, 0.05) is 0 Å². The maximum atomic E-state index is 10.5. The summed E-state index contributed by atoms with van der Waals surface area (Å²) >= 11 is 0. The highest BCUT2D eigenvalue weighted by Crippen LogP contribution is 2.20. The van der Waals surface area contributed by atoms with E-state index in [0.29, 0.717) is 5.92 Å². The number of rotatable bonds is 3. The SMILES string of the molecule is CC(C=O)=Cc1ccccc1C(C)C. The number of carbonyl (C=O) groups excluding carboxylic acids is 1. The van der Waals surface area contributed by atoms with E-state index in [0.717, 1.165) is 17.4 Å². The van der Waals surface area contributed by atoms with Gasteiger partial charge in [0.1, 0.15) is 6.29 Å². The highest BCUT2D eigenvalue weighted by atomic mass is 16.1. The van der Waals surface area contributed by atoms with Crippen molar-refractivity contribution in [3.05, 3.63) is 41.0 Å². The van der Waals surface area contributed by atoms with E-state index in [9.17, 15) is 4.79 Å². The Bertz CT molecular complexity index is 348. The zero-order valence-corrected chi connectivity index (χ0v) is 8.95. The highest BCUT2D eigenvalue weighted by Gasteiger charge is 2.03. The van der Waals surface area contributed by atoms with Gasteiger partial charge in [-0.2, -0.15) is 0 Å². The van der Waals surface area contributed by atoms with Crippen molar-refractivity contribution in [3.8, 4) is 0 Å². The summed E-state index contributed by atoms with van der Waals surface area (Å²) in [7, 11) is 0. The Morgan fingerprint density at radius 3 is 2.50 bits per heavy atom. The van der Waals surface area contributed by atoms with Gasteiger partial charge >= 0.3 is 0 Å². The molecule has 1 aromatic rings. The maximum Gasteiger partial charge on any atom is 0.145 e. The lowest BCUT2D eigenvalue weighted by Crippen LogP contribution is -1.91. The van der Waals surface area contributed by atoms with Crippen molar-refractivity contribution in [3.63, 3.8) is 0 Å². The second kappa shape index (κ2) is 4.75. The van der Waals surface area contributed by atoms with E-state index >= 15 is 0 Å². The lowest BCUT2D eigenvalue weighted by molar-refractivity contribution is -0.104. The Hall–Kier alpha value is -1.37. The number of carbonyl (C=O) groups is 1. The average Bonchev–Trinajstić information content (AvgIpc) is 2.18. The van der Waals surface area contributed by atoms with E-state index in [1.165, 1.54) is 5.56 Å². The molecule has 0 saturated heterocycles. The standard InChI is InChI=1S/C13H16O/c1-10(2)13-7-5-4-6-12(13)8-11(3)9-14/h4-10H,1-3H3. The van der Waals surface area contributed by atoms with Crippen LogP contribution in [0.2, 0.25) is 0 Å². The van der Waals surface area contributed by atoms with Crippen LogP contribution in [0, 0.1) is 0 Å². The van der Waals surface area contributed by atoms with Crippen molar-refractivity contribution < 1.29 is 4.79 Å². The van der Waals surface area contributed by atoms with Gasteiger partial charge in [-0.05, 0) is 35.6 Å². The highest BCUT2D eigenvalue weighted by molar-refractivity contribution is 5.81. The zero-order chi connectivity index (χ0) is 10.6. The van der Waals surface area contributed by atoms with Crippen LogP contribution in [0.25, 0.3) is 6.08 Å².